The predicted octanol–water partition coefficient (Wildman–Crippen LogP) is 3.19. The van der Waals surface area contributed by atoms with Crippen molar-refractivity contribution in [1.82, 2.24) is 0 Å². The van der Waals surface area contributed by atoms with E-state index in [1.54, 1.807) is 32.9 Å². The number of phenols is 1. The third-order valence-electron chi connectivity index (χ3n) is 3.93. The second-order valence-electron chi connectivity index (χ2n) is 7.23. The standard InChI is InChI=1S/C16H24N2O3/c1-15(2,3)21-14(20)18-10-8-9(6-7-11(10)19)12-13(17)16(12,4)5/h6-8,12-13,19H,17H2,1-5H3,(H,18,20). The first-order chi connectivity index (χ1) is 9.52. The minimum atomic E-state index is -0.589. The van der Waals surface area contributed by atoms with Crippen LogP contribution in [0.25, 0.3) is 0 Å². The van der Waals surface area contributed by atoms with Crippen molar-refractivity contribution in [3.05, 3.63) is 23.8 Å². The zero-order chi connectivity index (χ0) is 16.0. The molecule has 1 saturated carbocycles. The lowest BCUT2D eigenvalue weighted by Crippen LogP contribution is -2.27. The van der Waals surface area contributed by atoms with Crippen molar-refractivity contribution in [3.63, 3.8) is 0 Å². The molecule has 0 aromatic heterocycles. The van der Waals surface area contributed by atoms with Crippen molar-refractivity contribution in [2.45, 2.75) is 52.2 Å². The van der Waals surface area contributed by atoms with Gasteiger partial charge in [-0.15, -0.1) is 0 Å². The molecule has 2 rings (SSSR count). The van der Waals surface area contributed by atoms with Crippen LogP contribution in [0.3, 0.4) is 0 Å². The summed E-state index contributed by atoms with van der Waals surface area (Å²) in [5, 5.41) is 12.5. The van der Waals surface area contributed by atoms with E-state index in [9.17, 15) is 9.90 Å². The number of anilines is 1. The molecule has 0 radical (unpaired) electrons. The summed E-state index contributed by atoms with van der Waals surface area (Å²) >= 11 is 0. The SMILES string of the molecule is CC(C)(C)OC(=O)Nc1cc(C2C(N)C2(C)C)ccc1O. The third kappa shape index (κ3) is 3.29. The van der Waals surface area contributed by atoms with Gasteiger partial charge in [-0.2, -0.15) is 0 Å². The minimum absolute atomic E-state index is 0.0108. The molecular formula is C16H24N2O3. The molecule has 5 nitrogen and oxygen atoms in total. The first-order valence-corrected chi connectivity index (χ1v) is 7.11. The first-order valence-electron chi connectivity index (χ1n) is 7.11. The highest BCUT2D eigenvalue weighted by atomic mass is 16.6. The molecule has 0 bridgehead atoms. The Bertz CT molecular complexity index is 561. The maximum absolute atomic E-state index is 11.8. The zero-order valence-electron chi connectivity index (χ0n) is 13.2. The average molecular weight is 292 g/mol. The Labute approximate surface area is 125 Å². The number of benzene rings is 1. The van der Waals surface area contributed by atoms with E-state index in [0.29, 0.717) is 5.69 Å². The van der Waals surface area contributed by atoms with Crippen LogP contribution in [0.5, 0.6) is 5.75 Å². The number of aromatic hydroxyl groups is 1. The maximum Gasteiger partial charge on any atom is 0.412 e. The number of hydrogen-bond acceptors (Lipinski definition) is 4. The summed E-state index contributed by atoms with van der Waals surface area (Å²) in [5.41, 5.74) is 6.89. The number of amides is 1. The van der Waals surface area contributed by atoms with Crippen molar-refractivity contribution in [2.75, 3.05) is 5.32 Å². The van der Waals surface area contributed by atoms with Crippen LogP contribution in [0.15, 0.2) is 18.2 Å². The van der Waals surface area contributed by atoms with Crippen molar-refractivity contribution in [3.8, 4) is 5.75 Å². The normalized spacial score (nSPS) is 23.5. The molecule has 2 atom stereocenters. The van der Waals surface area contributed by atoms with Gasteiger partial charge in [-0.05, 0) is 43.9 Å². The lowest BCUT2D eigenvalue weighted by Gasteiger charge is -2.20. The molecule has 0 heterocycles. The Hall–Kier alpha value is -1.75. The van der Waals surface area contributed by atoms with Gasteiger partial charge in [0.15, 0.2) is 0 Å². The molecule has 2 unspecified atom stereocenters. The average Bonchev–Trinajstić information content (AvgIpc) is 2.79. The summed E-state index contributed by atoms with van der Waals surface area (Å²) < 4.78 is 5.19. The Balaban J connectivity index is 2.16. The topological polar surface area (TPSA) is 84.6 Å². The lowest BCUT2D eigenvalue weighted by atomic mass is 10.0. The van der Waals surface area contributed by atoms with E-state index in [0.717, 1.165) is 5.56 Å². The zero-order valence-corrected chi connectivity index (χ0v) is 13.2. The highest BCUT2D eigenvalue weighted by molar-refractivity contribution is 5.87. The van der Waals surface area contributed by atoms with Crippen LogP contribution in [-0.4, -0.2) is 22.8 Å². The molecule has 1 aromatic rings. The summed E-state index contributed by atoms with van der Waals surface area (Å²) in [4.78, 5) is 11.8. The predicted molar refractivity (Wildman–Crippen MR) is 82.5 cm³/mol. The van der Waals surface area contributed by atoms with Gasteiger partial charge in [-0.25, -0.2) is 4.79 Å². The fourth-order valence-corrected chi connectivity index (χ4v) is 2.58. The summed E-state index contributed by atoms with van der Waals surface area (Å²) in [5.74, 6) is 0.244. The van der Waals surface area contributed by atoms with Gasteiger partial charge in [0.05, 0.1) is 5.69 Å². The van der Waals surface area contributed by atoms with Crippen LogP contribution >= 0.6 is 0 Å². The van der Waals surface area contributed by atoms with Gasteiger partial charge >= 0.3 is 6.09 Å². The number of phenolic OH excluding ortho intramolecular Hbond substituents is 1. The quantitative estimate of drug-likeness (QED) is 0.731. The van der Waals surface area contributed by atoms with Crippen molar-refractivity contribution < 1.29 is 14.6 Å². The molecule has 0 aliphatic heterocycles. The van der Waals surface area contributed by atoms with Crippen LogP contribution in [0, 0.1) is 5.41 Å². The van der Waals surface area contributed by atoms with Gasteiger partial charge in [-0.1, -0.05) is 19.9 Å². The van der Waals surface area contributed by atoms with E-state index >= 15 is 0 Å². The number of hydrogen-bond donors (Lipinski definition) is 3. The van der Waals surface area contributed by atoms with Crippen LogP contribution in [-0.2, 0) is 4.74 Å². The van der Waals surface area contributed by atoms with Gasteiger partial charge in [0.1, 0.15) is 11.4 Å². The number of rotatable bonds is 2. The Morgan fingerprint density at radius 2 is 1.95 bits per heavy atom. The van der Waals surface area contributed by atoms with Gasteiger partial charge in [0.25, 0.3) is 0 Å². The van der Waals surface area contributed by atoms with Crippen LogP contribution in [0.4, 0.5) is 10.5 Å². The van der Waals surface area contributed by atoms with Crippen LogP contribution in [0.1, 0.15) is 46.1 Å². The van der Waals surface area contributed by atoms with Crippen LogP contribution in [0.2, 0.25) is 0 Å². The van der Waals surface area contributed by atoms with E-state index in [1.165, 1.54) is 0 Å². The first kappa shape index (κ1) is 15.6. The van der Waals surface area contributed by atoms with E-state index < -0.39 is 11.7 Å². The van der Waals surface area contributed by atoms with E-state index in [4.69, 9.17) is 10.5 Å². The van der Waals surface area contributed by atoms with E-state index in [1.807, 2.05) is 6.07 Å². The van der Waals surface area contributed by atoms with E-state index in [-0.39, 0.29) is 23.1 Å². The number of carbonyl (C=O) groups excluding carboxylic acids is 1. The van der Waals surface area contributed by atoms with Gasteiger partial charge in [-0.3, -0.25) is 5.32 Å². The van der Waals surface area contributed by atoms with Gasteiger partial charge < -0.3 is 15.6 Å². The molecular weight excluding hydrogens is 268 g/mol. The molecule has 1 aliphatic carbocycles. The Kier molecular flexibility index (Phi) is 3.66. The molecule has 0 spiro atoms. The van der Waals surface area contributed by atoms with Gasteiger partial charge in [0.2, 0.25) is 0 Å². The molecule has 5 heteroatoms. The number of nitrogens with one attached hydrogen (secondary N) is 1. The molecule has 1 aromatic carbocycles. The van der Waals surface area contributed by atoms with Crippen molar-refractivity contribution in [1.29, 1.82) is 0 Å². The smallest absolute Gasteiger partial charge is 0.412 e. The molecule has 116 valence electrons. The number of carbonyl (C=O) groups is 1. The fourth-order valence-electron chi connectivity index (χ4n) is 2.58. The molecule has 1 fully saturated rings. The lowest BCUT2D eigenvalue weighted by molar-refractivity contribution is 0.0635. The van der Waals surface area contributed by atoms with Gasteiger partial charge in [0, 0.05) is 12.0 Å². The summed E-state index contributed by atoms with van der Waals surface area (Å²) in [6.45, 7) is 9.57. The van der Waals surface area contributed by atoms with Crippen molar-refractivity contribution >= 4 is 11.8 Å². The minimum Gasteiger partial charge on any atom is -0.506 e. The molecule has 21 heavy (non-hydrogen) atoms. The summed E-state index contributed by atoms with van der Waals surface area (Å²) in [6.07, 6.45) is -0.589. The number of nitrogens with two attached hydrogens (primary N) is 1. The molecule has 0 saturated heterocycles. The molecule has 1 amide bonds. The Morgan fingerprint density at radius 1 is 1.38 bits per heavy atom. The Morgan fingerprint density at radius 3 is 2.43 bits per heavy atom. The highest BCUT2D eigenvalue weighted by Gasteiger charge is 2.56. The second kappa shape index (κ2) is 4.91. The third-order valence-corrected chi connectivity index (χ3v) is 3.93. The van der Waals surface area contributed by atoms with Crippen LogP contribution < -0.4 is 11.1 Å². The summed E-state index contributed by atoms with van der Waals surface area (Å²) in [7, 11) is 0. The largest absolute Gasteiger partial charge is 0.506 e. The molecule has 4 N–H and O–H groups in total. The van der Waals surface area contributed by atoms with Crippen molar-refractivity contribution in [2.24, 2.45) is 11.1 Å². The second-order valence-corrected chi connectivity index (χ2v) is 7.23. The summed E-state index contributed by atoms with van der Waals surface area (Å²) in [6, 6.07) is 5.27. The monoisotopic (exact) mass is 292 g/mol. The number of ether oxygens (including phenoxy) is 1. The fraction of sp³-hybridized carbons (Fsp3) is 0.562. The molecule has 1 aliphatic rings. The highest BCUT2D eigenvalue weighted by Crippen LogP contribution is 2.57. The van der Waals surface area contributed by atoms with E-state index in [2.05, 4.69) is 19.2 Å². The maximum atomic E-state index is 11.8.